The molecule has 15 heavy (non-hydrogen) atoms. The second-order valence-corrected chi connectivity index (χ2v) is 4.13. The molecule has 1 aromatic carbocycles. The lowest BCUT2D eigenvalue weighted by Crippen LogP contribution is -2.27. The smallest absolute Gasteiger partial charge is 0.115 e. The second kappa shape index (κ2) is 5.73. The molecule has 0 bridgehead atoms. The number of rotatable bonds is 5. The minimum Gasteiger partial charge on any atom is -0.508 e. The summed E-state index contributed by atoms with van der Waals surface area (Å²) in [5.41, 5.74) is 0.915. The third-order valence-electron chi connectivity index (χ3n) is 2.23. The number of aliphatic hydroxyl groups is 1. The lowest BCUT2D eigenvalue weighted by Gasteiger charge is -2.18. The molecule has 3 nitrogen and oxygen atoms in total. The number of phenols is 1. The molecule has 0 aliphatic carbocycles. The van der Waals surface area contributed by atoms with Gasteiger partial charge < -0.3 is 15.5 Å². The molecule has 0 aliphatic rings. The number of hydrogen-bond acceptors (Lipinski definition) is 3. The zero-order valence-electron chi connectivity index (χ0n) is 9.27. The predicted octanol–water partition coefficient (Wildman–Crippen LogP) is 1.67. The van der Waals surface area contributed by atoms with Crippen LogP contribution in [0.1, 0.15) is 25.5 Å². The molecule has 3 N–H and O–H groups in total. The molecule has 0 aliphatic heterocycles. The Labute approximate surface area is 90.8 Å². The van der Waals surface area contributed by atoms with E-state index < -0.39 is 0 Å². The molecule has 1 atom stereocenters. The molecule has 1 aromatic rings. The third kappa shape index (κ3) is 3.90. The Morgan fingerprint density at radius 2 is 2.07 bits per heavy atom. The van der Waals surface area contributed by atoms with Gasteiger partial charge >= 0.3 is 0 Å². The standard InChI is InChI=1S/C12H19NO2/c1-9(2)7-13-12(8-14)10-4-3-5-11(15)6-10/h3-6,9,12-15H,7-8H2,1-2H3. The zero-order chi connectivity index (χ0) is 11.3. The van der Waals surface area contributed by atoms with Crippen molar-refractivity contribution in [3.05, 3.63) is 29.8 Å². The number of phenolic OH excluding ortho intramolecular Hbond substituents is 1. The summed E-state index contributed by atoms with van der Waals surface area (Å²) in [6.45, 7) is 5.12. The topological polar surface area (TPSA) is 52.5 Å². The van der Waals surface area contributed by atoms with Gasteiger partial charge in [0.1, 0.15) is 5.75 Å². The largest absolute Gasteiger partial charge is 0.508 e. The molecule has 0 radical (unpaired) electrons. The van der Waals surface area contributed by atoms with Gasteiger partial charge in [0.2, 0.25) is 0 Å². The van der Waals surface area contributed by atoms with Crippen LogP contribution in [0, 0.1) is 5.92 Å². The molecule has 0 saturated carbocycles. The molecule has 0 aromatic heterocycles. The van der Waals surface area contributed by atoms with Crippen LogP contribution in [0.15, 0.2) is 24.3 Å². The van der Waals surface area contributed by atoms with Crippen LogP contribution in [-0.2, 0) is 0 Å². The fourth-order valence-corrected chi connectivity index (χ4v) is 1.41. The maximum atomic E-state index is 9.33. The average molecular weight is 209 g/mol. The minimum absolute atomic E-state index is 0.0379. The van der Waals surface area contributed by atoms with Crippen molar-refractivity contribution in [2.75, 3.05) is 13.2 Å². The number of nitrogens with one attached hydrogen (secondary N) is 1. The molecule has 0 heterocycles. The molecule has 3 heteroatoms. The normalized spacial score (nSPS) is 13.1. The van der Waals surface area contributed by atoms with Crippen LogP contribution in [0.2, 0.25) is 0 Å². The van der Waals surface area contributed by atoms with Crippen LogP contribution < -0.4 is 5.32 Å². The van der Waals surface area contributed by atoms with Crippen LogP contribution in [0.5, 0.6) is 5.75 Å². The van der Waals surface area contributed by atoms with E-state index in [1.54, 1.807) is 18.2 Å². The molecule has 1 unspecified atom stereocenters. The Bertz CT molecular complexity index is 299. The van der Waals surface area contributed by atoms with Crippen LogP contribution in [0.4, 0.5) is 0 Å². The van der Waals surface area contributed by atoms with Gasteiger partial charge in [-0.25, -0.2) is 0 Å². The SMILES string of the molecule is CC(C)CNC(CO)c1cccc(O)c1. The van der Waals surface area contributed by atoms with Crippen molar-refractivity contribution < 1.29 is 10.2 Å². The monoisotopic (exact) mass is 209 g/mol. The fraction of sp³-hybridized carbons (Fsp3) is 0.500. The van der Waals surface area contributed by atoms with Gasteiger partial charge in [-0.05, 0) is 30.2 Å². The maximum Gasteiger partial charge on any atom is 0.115 e. The van der Waals surface area contributed by atoms with Crippen molar-refractivity contribution in [1.82, 2.24) is 5.32 Å². The highest BCUT2D eigenvalue weighted by Gasteiger charge is 2.10. The van der Waals surface area contributed by atoms with E-state index in [1.165, 1.54) is 0 Å². The highest BCUT2D eigenvalue weighted by molar-refractivity contribution is 5.29. The molecule has 0 spiro atoms. The Hall–Kier alpha value is -1.06. The summed E-state index contributed by atoms with van der Waals surface area (Å²) in [6, 6.07) is 6.88. The van der Waals surface area contributed by atoms with E-state index in [9.17, 15) is 10.2 Å². The zero-order valence-corrected chi connectivity index (χ0v) is 9.27. The van der Waals surface area contributed by atoms with Crippen LogP contribution >= 0.6 is 0 Å². The first kappa shape index (κ1) is 12.0. The Morgan fingerprint density at radius 3 is 2.60 bits per heavy atom. The minimum atomic E-state index is -0.0977. The fourth-order valence-electron chi connectivity index (χ4n) is 1.41. The molecule has 0 amide bonds. The van der Waals surface area contributed by atoms with E-state index in [-0.39, 0.29) is 18.4 Å². The molecular formula is C12H19NO2. The van der Waals surface area contributed by atoms with E-state index in [0.717, 1.165) is 12.1 Å². The van der Waals surface area contributed by atoms with Crippen LogP contribution in [-0.4, -0.2) is 23.4 Å². The first-order valence-electron chi connectivity index (χ1n) is 5.26. The van der Waals surface area contributed by atoms with Crippen LogP contribution in [0.3, 0.4) is 0 Å². The summed E-state index contributed by atoms with van der Waals surface area (Å²) in [5.74, 6) is 0.772. The summed E-state index contributed by atoms with van der Waals surface area (Å²) in [4.78, 5) is 0. The van der Waals surface area contributed by atoms with Gasteiger partial charge in [-0.2, -0.15) is 0 Å². The van der Waals surface area contributed by atoms with Crippen molar-refractivity contribution in [2.24, 2.45) is 5.92 Å². The molecular weight excluding hydrogens is 190 g/mol. The summed E-state index contributed by atoms with van der Waals surface area (Å²) >= 11 is 0. The van der Waals surface area contributed by atoms with E-state index in [4.69, 9.17) is 0 Å². The number of aromatic hydroxyl groups is 1. The summed E-state index contributed by atoms with van der Waals surface area (Å²) in [7, 11) is 0. The number of hydrogen-bond donors (Lipinski definition) is 3. The lowest BCUT2D eigenvalue weighted by atomic mass is 10.1. The summed E-state index contributed by atoms with van der Waals surface area (Å²) in [5, 5.41) is 21.8. The van der Waals surface area contributed by atoms with Crippen LogP contribution in [0.25, 0.3) is 0 Å². The molecule has 0 fully saturated rings. The summed E-state index contributed by atoms with van der Waals surface area (Å²) in [6.07, 6.45) is 0. The van der Waals surface area contributed by atoms with Crippen molar-refractivity contribution >= 4 is 0 Å². The molecule has 1 rings (SSSR count). The first-order valence-corrected chi connectivity index (χ1v) is 5.26. The van der Waals surface area contributed by atoms with E-state index in [2.05, 4.69) is 19.2 Å². The van der Waals surface area contributed by atoms with Gasteiger partial charge in [0, 0.05) is 0 Å². The van der Waals surface area contributed by atoms with Crippen molar-refractivity contribution in [2.45, 2.75) is 19.9 Å². The Morgan fingerprint density at radius 1 is 1.33 bits per heavy atom. The lowest BCUT2D eigenvalue weighted by molar-refractivity contribution is 0.240. The van der Waals surface area contributed by atoms with Crippen molar-refractivity contribution in [3.8, 4) is 5.75 Å². The van der Waals surface area contributed by atoms with Gasteiger partial charge in [-0.15, -0.1) is 0 Å². The van der Waals surface area contributed by atoms with Crippen molar-refractivity contribution in [1.29, 1.82) is 0 Å². The molecule has 84 valence electrons. The average Bonchev–Trinajstić information content (AvgIpc) is 2.18. The highest BCUT2D eigenvalue weighted by Crippen LogP contribution is 2.17. The second-order valence-electron chi connectivity index (χ2n) is 4.13. The van der Waals surface area contributed by atoms with Gasteiger partial charge in [-0.3, -0.25) is 0 Å². The Balaban J connectivity index is 2.65. The highest BCUT2D eigenvalue weighted by atomic mass is 16.3. The molecule has 0 saturated heterocycles. The van der Waals surface area contributed by atoms with Crippen molar-refractivity contribution in [3.63, 3.8) is 0 Å². The van der Waals surface area contributed by atoms with E-state index in [0.29, 0.717) is 5.92 Å². The van der Waals surface area contributed by atoms with Gasteiger partial charge in [0.05, 0.1) is 12.6 Å². The van der Waals surface area contributed by atoms with Gasteiger partial charge in [0.15, 0.2) is 0 Å². The van der Waals surface area contributed by atoms with Gasteiger partial charge in [0.25, 0.3) is 0 Å². The Kier molecular flexibility index (Phi) is 4.59. The third-order valence-corrected chi connectivity index (χ3v) is 2.23. The number of aliphatic hydroxyl groups excluding tert-OH is 1. The number of benzene rings is 1. The quantitative estimate of drug-likeness (QED) is 0.691. The predicted molar refractivity (Wildman–Crippen MR) is 60.8 cm³/mol. The summed E-state index contributed by atoms with van der Waals surface area (Å²) < 4.78 is 0. The van der Waals surface area contributed by atoms with E-state index in [1.807, 2.05) is 6.07 Å². The van der Waals surface area contributed by atoms with E-state index >= 15 is 0 Å². The van der Waals surface area contributed by atoms with Gasteiger partial charge in [-0.1, -0.05) is 26.0 Å². The first-order chi connectivity index (χ1) is 7.13. The maximum absolute atomic E-state index is 9.33.